The number of aryl methyl sites for hydroxylation is 3. The molecule has 0 spiro atoms. The number of fused-ring (bicyclic) bond motifs is 7. The highest BCUT2D eigenvalue weighted by molar-refractivity contribution is 6.10. The predicted molar refractivity (Wildman–Crippen MR) is 214 cm³/mol. The van der Waals surface area contributed by atoms with Gasteiger partial charge < -0.3 is 8.83 Å². The van der Waals surface area contributed by atoms with Gasteiger partial charge in [0.1, 0.15) is 28.5 Å². The number of rotatable bonds is 4. The van der Waals surface area contributed by atoms with E-state index in [1.807, 2.05) is 19.2 Å². The van der Waals surface area contributed by atoms with Crippen LogP contribution in [0.3, 0.4) is 0 Å². The van der Waals surface area contributed by atoms with Gasteiger partial charge >= 0.3 is 0 Å². The number of para-hydroxylation sites is 1. The van der Waals surface area contributed by atoms with E-state index in [9.17, 15) is 0 Å². The van der Waals surface area contributed by atoms with Gasteiger partial charge in [-0.3, -0.25) is 4.57 Å². The maximum absolute atomic E-state index is 6.45. The first kappa shape index (κ1) is 30.4. The van der Waals surface area contributed by atoms with Crippen LogP contribution in [0.15, 0.2) is 149 Å². The summed E-state index contributed by atoms with van der Waals surface area (Å²) in [5.41, 5.74) is 13.8. The van der Waals surface area contributed by atoms with Crippen LogP contribution in [0.4, 0.5) is 0 Å². The van der Waals surface area contributed by atoms with Gasteiger partial charge in [-0.1, -0.05) is 84.9 Å². The third kappa shape index (κ3) is 5.27. The van der Waals surface area contributed by atoms with Crippen LogP contribution < -0.4 is 0 Å². The summed E-state index contributed by atoms with van der Waals surface area (Å²) in [5.74, 6) is 2.88. The minimum atomic E-state index is 0.849. The fraction of sp³-hybridized carbons (Fsp3) is 0.104. The SMILES string of the molecule is Cc1ccc(-c2cccc(-c3cccc(-c4ccc5oc6c(c5c4)C=C(n4c5ccccc5c5cccnc54)CC6)c3)c2)ccc2c(o1)C=CCC2. The zero-order valence-electron chi connectivity index (χ0n) is 29.0. The number of hydrogen-bond donors (Lipinski definition) is 0. The van der Waals surface area contributed by atoms with Gasteiger partial charge in [0.2, 0.25) is 0 Å². The zero-order chi connectivity index (χ0) is 34.6. The lowest BCUT2D eigenvalue weighted by atomic mass is 9.95. The first-order valence-electron chi connectivity index (χ1n) is 18.1. The van der Waals surface area contributed by atoms with Crippen LogP contribution in [0, 0.1) is 6.92 Å². The van der Waals surface area contributed by atoms with Crippen LogP contribution in [0.5, 0.6) is 0 Å². The Bertz CT molecular complexity index is 2770. The van der Waals surface area contributed by atoms with Crippen molar-refractivity contribution in [3.63, 3.8) is 0 Å². The van der Waals surface area contributed by atoms with Crippen LogP contribution in [0.25, 0.3) is 84.1 Å². The van der Waals surface area contributed by atoms with Crippen LogP contribution in [-0.4, -0.2) is 9.55 Å². The molecule has 0 unspecified atom stereocenters. The highest BCUT2D eigenvalue weighted by Gasteiger charge is 2.22. The Labute approximate surface area is 302 Å². The summed E-state index contributed by atoms with van der Waals surface area (Å²) in [6.45, 7) is 2.02. The van der Waals surface area contributed by atoms with Gasteiger partial charge in [-0.25, -0.2) is 4.98 Å². The molecule has 0 amide bonds. The molecule has 0 fully saturated rings. The van der Waals surface area contributed by atoms with Crippen molar-refractivity contribution in [2.75, 3.05) is 0 Å². The molecule has 52 heavy (non-hydrogen) atoms. The van der Waals surface area contributed by atoms with E-state index in [0.29, 0.717) is 0 Å². The van der Waals surface area contributed by atoms with Gasteiger partial charge in [0, 0.05) is 40.0 Å². The topological polar surface area (TPSA) is 44.1 Å². The number of hydrogen-bond acceptors (Lipinski definition) is 3. The number of pyridine rings is 1. The molecule has 0 N–H and O–H groups in total. The van der Waals surface area contributed by atoms with E-state index in [-0.39, 0.29) is 0 Å². The average molecular weight is 673 g/mol. The minimum absolute atomic E-state index is 0.849. The lowest BCUT2D eigenvalue weighted by Gasteiger charge is -2.16. The second-order valence-corrected chi connectivity index (χ2v) is 13.8. The number of benzene rings is 4. The molecular formula is C48H36N2O2. The third-order valence-electron chi connectivity index (χ3n) is 10.6. The zero-order valence-corrected chi connectivity index (χ0v) is 29.0. The van der Waals surface area contributed by atoms with Crippen LogP contribution in [-0.2, 0) is 12.8 Å². The van der Waals surface area contributed by atoms with Crippen molar-refractivity contribution in [2.45, 2.75) is 32.6 Å². The number of allylic oxidation sites excluding steroid dienone is 2. The molecule has 4 heterocycles. The first-order valence-corrected chi connectivity index (χ1v) is 18.1. The van der Waals surface area contributed by atoms with E-state index in [1.165, 1.54) is 60.9 Å². The van der Waals surface area contributed by atoms with E-state index in [4.69, 9.17) is 13.8 Å². The maximum Gasteiger partial charge on any atom is 0.145 e. The molecule has 0 bridgehead atoms. The summed E-state index contributed by atoms with van der Waals surface area (Å²) >= 11 is 0. The summed E-state index contributed by atoms with van der Waals surface area (Å²) in [5, 5.41) is 3.55. The smallest absolute Gasteiger partial charge is 0.145 e. The van der Waals surface area contributed by atoms with Gasteiger partial charge in [-0.05, 0) is 126 Å². The summed E-state index contributed by atoms with van der Waals surface area (Å²) in [6, 6.07) is 45.8. The molecule has 4 heteroatoms. The van der Waals surface area contributed by atoms with E-state index in [1.54, 1.807) is 0 Å². The maximum atomic E-state index is 6.45. The Morgan fingerprint density at radius 2 is 1.33 bits per heavy atom. The van der Waals surface area contributed by atoms with Gasteiger partial charge in [-0.2, -0.15) is 0 Å². The fourth-order valence-corrected chi connectivity index (χ4v) is 7.97. The number of furan rings is 1. The second kappa shape index (κ2) is 12.4. The van der Waals surface area contributed by atoms with Gasteiger partial charge in [0.15, 0.2) is 0 Å². The molecule has 250 valence electrons. The lowest BCUT2D eigenvalue weighted by molar-refractivity contribution is 0.503. The summed E-state index contributed by atoms with van der Waals surface area (Å²) in [6.07, 6.45) is 12.2. The molecule has 0 saturated heterocycles. The first-order chi connectivity index (χ1) is 25.7. The average Bonchev–Trinajstić information content (AvgIpc) is 3.75. The van der Waals surface area contributed by atoms with Crippen molar-refractivity contribution < 1.29 is 8.83 Å². The Morgan fingerprint density at radius 3 is 2.17 bits per heavy atom. The molecule has 0 atom stereocenters. The van der Waals surface area contributed by atoms with E-state index in [2.05, 4.69) is 144 Å². The van der Waals surface area contributed by atoms with E-state index >= 15 is 0 Å². The predicted octanol–water partition coefficient (Wildman–Crippen LogP) is 12.9. The Hall–Kier alpha value is -6.39. The van der Waals surface area contributed by atoms with Crippen molar-refractivity contribution in [1.29, 1.82) is 0 Å². The Morgan fingerprint density at radius 1 is 0.596 bits per heavy atom. The lowest BCUT2D eigenvalue weighted by Crippen LogP contribution is -2.04. The summed E-state index contributed by atoms with van der Waals surface area (Å²) in [7, 11) is 0. The third-order valence-corrected chi connectivity index (χ3v) is 10.6. The molecule has 0 saturated carbocycles. The van der Waals surface area contributed by atoms with E-state index < -0.39 is 0 Å². The van der Waals surface area contributed by atoms with Gasteiger partial charge in [0.05, 0.1) is 5.52 Å². The largest absolute Gasteiger partial charge is 0.462 e. The summed E-state index contributed by atoms with van der Waals surface area (Å²) in [4.78, 5) is 4.83. The van der Waals surface area contributed by atoms with Crippen molar-refractivity contribution in [1.82, 2.24) is 9.55 Å². The molecule has 2 aliphatic carbocycles. The number of aromatic nitrogens is 2. The second-order valence-electron chi connectivity index (χ2n) is 13.8. The van der Waals surface area contributed by atoms with Crippen LogP contribution in [0.1, 0.15) is 41.2 Å². The molecule has 0 radical (unpaired) electrons. The van der Waals surface area contributed by atoms with Gasteiger partial charge in [-0.15, -0.1) is 0 Å². The van der Waals surface area contributed by atoms with Gasteiger partial charge in [0.25, 0.3) is 0 Å². The standard InChI is InChI=1S/C48H36N2O2/c1-31-18-19-32(20-21-33-9-2-5-17-45(33)51-31)34-10-6-11-35(27-34)36-12-7-13-37(28-36)38-22-24-46-42(29-38)43-30-39(23-25-47(43)52-46)50-44-16-4-3-14-40(44)41-15-8-26-49-48(41)50/h3-8,10-22,24,26-30H,2,9,23,25H2,1H3. The molecule has 4 nitrogen and oxygen atoms in total. The molecule has 0 aliphatic heterocycles. The monoisotopic (exact) mass is 672 g/mol. The number of nitrogens with zero attached hydrogens (tertiary/aromatic N) is 2. The molecule has 4 aromatic heterocycles. The Balaban J connectivity index is 1.02. The molecular weight excluding hydrogens is 637 g/mol. The normalized spacial score (nSPS) is 13.6. The van der Waals surface area contributed by atoms with Crippen LogP contribution in [0.2, 0.25) is 0 Å². The van der Waals surface area contributed by atoms with E-state index in [0.717, 1.165) is 65.1 Å². The minimum Gasteiger partial charge on any atom is -0.462 e. The fourth-order valence-electron chi connectivity index (χ4n) is 7.97. The van der Waals surface area contributed by atoms with Crippen molar-refractivity contribution in [3.8, 4) is 33.4 Å². The molecule has 10 rings (SSSR count). The molecule has 4 aromatic carbocycles. The molecule has 8 aromatic rings. The molecule has 2 aliphatic rings. The van der Waals surface area contributed by atoms with Crippen LogP contribution >= 0.6 is 0 Å². The quantitative estimate of drug-likeness (QED) is 0.187. The van der Waals surface area contributed by atoms with Crippen molar-refractivity contribution in [2.24, 2.45) is 0 Å². The van der Waals surface area contributed by atoms with Crippen molar-refractivity contribution in [3.05, 3.63) is 168 Å². The summed E-state index contributed by atoms with van der Waals surface area (Å²) < 4.78 is 14.9. The highest BCUT2D eigenvalue weighted by atomic mass is 16.3. The highest BCUT2D eigenvalue weighted by Crippen LogP contribution is 2.40. The van der Waals surface area contributed by atoms with Crippen molar-refractivity contribution >= 4 is 50.8 Å². The Kier molecular flexibility index (Phi) is 7.28.